The van der Waals surface area contributed by atoms with Crippen molar-refractivity contribution in [3.05, 3.63) is 59.8 Å². The summed E-state index contributed by atoms with van der Waals surface area (Å²) in [5.74, 6) is -1.05. The monoisotopic (exact) mass is 291 g/mol. The summed E-state index contributed by atoms with van der Waals surface area (Å²) in [6.45, 7) is 3.15. The fourth-order valence-electron chi connectivity index (χ4n) is 2.05. The second-order valence-corrected chi connectivity index (χ2v) is 5.21. The van der Waals surface area contributed by atoms with E-state index in [-0.39, 0.29) is 12.5 Å². The van der Waals surface area contributed by atoms with Gasteiger partial charge in [-0.3, -0.25) is 4.79 Å². The third-order valence-corrected chi connectivity index (χ3v) is 3.42. The van der Waals surface area contributed by atoms with Crippen LogP contribution in [-0.2, 0) is 10.4 Å². The lowest BCUT2D eigenvalue weighted by Crippen LogP contribution is -2.40. The highest BCUT2D eigenvalue weighted by Gasteiger charge is 2.28. The predicted octanol–water partition coefficient (Wildman–Crippen LogP) is 2.55. The molecule has 0 aliphatic heterocycles. The molecule has 1 amide bonds. The molecular weight excluding hydrogens is 273 g/mol. The van der Waals surface area contributed by atoms with Gasteiger partial charge in [0.15, 0.2) is 0 Å². The van der Waals surface area contributed by atoms with Crippen LogP contribution in [0.15, 0.2) is 47.1 Å². The quantitative estimate of drug-likeness (QED) is 0.890. The topological polar surface area (TPSA) is 62.5 Å². The van der Waals surface area contributed by atoms with Crippen molar-refractivity contribution < 1.29 is 18.7 Å². The molecule has 2 N–H and O–H groups in total. The SMILES string of the molecule is CC(C(=O)NCC(C)(O)c1ccco1)c1ccccc1F. The molecule has 2 atom stereocenters. The molecule has 112 valence electrons. The zero-order valence-corrected chi connectivity index (χ0v) is 12.0. The Kier molecular flexibility index (Phi) is 4.43. The first-order chi connectivity index (χ1) is 9.92. The molecule has 0 fully saturated rings. The summed E-state index contributed by atoms with van der Waals surface area (Å²) in [5, 5.41) is 12.9. The third-order valence-electron chi connectivity index (χ3n) is 3.42. The predicted molar refractivity (Wildman–Crippen MR) is 76.1 cm³/mol. The van der Waals surface area contributed by atoms with Crippen LogP contribution in [0.5, 0.6) is 0 Å². The van der Waals surface area contributed by atoms with Gasteiger partial charge in [-0.25, -0.2) is 4.39 Å². The lowest BCUT2D eigenvalue weighted by molar-refractivity contribution is -0.123. The molecule has 0 spiro atoms. The van der Waals surface area contributed by atoms with Gasteiger partial charge in [0.1, 0.15) is 17.2 Å². The number of aliphatic hydroxyl groups is 1. The average Bonchev–Trinajstić information content (AvgIpc) is 2.99. The van der Waals surface area contributed by atoms with Crippen molar-refractivity contribution in [1.29, 1.82) is 0 Å². The number of nitrogens with one attached hydrogen (secondary N) is 1. The van der Waals surface area contributed by atoms with Crippen LogP contribution in [0.3, 0.4) is 0 Å². The average molecular weight is 291 g/mol. The molecule has 2 unspecified atom stereocenters. The maximum atomic E-state index is 13.7. The Morgan fingerprint density at radius 2 is 2.10 bits per heavy atom. The summed E-state index contributed by atoms with van der Waals surface area (Å²) in [6, 6.07) is 9.44. The molecule has 21 heavy (non-hydrogen) atoms. The molecule has 4 nitrogen and oxygen atoms in total. The number of benzene rings is 1. The van der Waals surface area contributed by atoms with E-state index in [9.17, 15) is 14.3 Å². The van der Waals surface area contributed by atoms with Crippen LogP contribution in [0.25, 0.3) is 0 Å². The zero-order chi connectivity index (χ0) is 15.5. The van der Waals surface area contributed by atoms with Crippen molar-refractivity contribution in [1.82, 2.24) is 5.32 Å². The van der Waals surface area contributed by atoms with E-state index >= 15 is 0 Å². The second-order valence-electron chi connectivity index (χ2n) is 5.21. The lowest BCUT2D eigenvalue weighted by atomic mass is 9.98. The van der Waals surface area contributed by atoms with Crippen LogP contribution in [-0.4, -0.2) is 17.6 Å². The number of halogens is 1. The molecule has 0 bridgehead atoms. The first-order valence-electron chi connectivity index (χ1n) is 6.70. The Balaban J connectivity index is 2.01. The van der Waals surface area contributed by atoms with Crippen molar-refractivity contribution in [3.8, 4) is 0 Å². The fourth-order valence-corrected chi connectivity index (χ4v) is 2.05. The molecule has 1 heterocycles. The largest absolute Gasteiger partial charge is 0.466 e. The Morgan fingerprint density at radius 3 is 2.71 bits per heavy atom. The number of carbonyl (C=O) groups is 1. The number of carbonyl (C=O) groups excluding carboxylic acids is 1. The Hall–Kier alpha value is -2.14. The van der Waals surface area contributed by atoms with Crippen LogP contribution >= 0.6 is 0 Å². The lowest BCUT2D eigenvalue weighted by Gasteiger charge is -2.22. The standard InChI is InChI=1S/C16H18FNO3/c1-11(12-6-3-4-7-13(12)17)15(19)18-10-16(2,20)14-8-5-9-21-14/h3-9,11,20H,10H2,1-2H3,(H,18,19). The number of amides is 1. The van der Waals surface area contributed by atoms with Crippen LogP contribution in [0.1, 0.15) is 31.1 Å². The third kappa shape index (κ3) is 3.49. The van der Waals surface area contributed by atoms with Gasteiger partial charge in [0.2, 0.25) is 5.91 Å². The molecule has 0 radical (unpaired) electrons. The minimum absolute atomic E-state index is 0.0157. The van der Waals surface area contributed by atoms with Gasteiger partial charge in [-0.05, 0) is 37.6 Å². The van der Waals surface area contributed by atoms with E-state index in [1.165, 1.54) is 12.3 Å². The van der Waals surface area contributed by atoms with Gasteiger partial charge in [0.05, 0.1) is 18.7 Å². The van der Waals surface area contributed by atoms with Crippen LogP contribution in [0, 0.1) is 5.82 Å². The second kappa shape index (κ2) is 6.10. The van der Waals surface area contributed by atoms with Crippen molar-refractivity contribution >= 4 is 5.91 Å². The van der Waals surface area contributed by atoms with E-state index in [1.54, 1.807) is 44.2 Å². The maximum Gasteiger partial charge on any atom is 0.227 e. The Morgan fingerprint density at radius 1 is 1.38 bits per heavy atom. The van der Waals surface area contributed by atoms with Crippen LogP contribution in [0.4, 0.5) is 4.39 Å². The van der Waals surface area contributed by atoms with Crippen molar-refractivity contribution in [2.45, 2.75) is 25.4 Å². The summed E-state index contributed by atoms with van der Waals surface area (Å²) < 4.78 is 18.8. The number of rotatable bonds is 5. The first kappa shape index (κ1) is 15.3. The van der Waals surface area contributed by atoms with Crippen LogP contribution < -0.4 is 5.32 Å². The minimum Gasteiger partial charge on any atom is -0.466 e. The van der Waals surface area contributed by atoms with Crippen molar-refractivity contribution in [3.63, 3.8) is 0 Å². The molecule has 5 heteroatoms. The maximum absolute atomic E-state index is 13.7. The molecule has 2 aromatic rings. The van der Waals surface area contributed by atoms with Crippen LogP contribution in [0.2, 0.25) is 0 Å². The molecule has 1 aromatic heterocycles. The minimum atomic E-state index is -1.31. The van der Waals surface area contributed by atoms with Gasteiger partial charge < -0.3 is 14.8 Å². The molecule has 0 aliphatic carbocycles. The number of hydrogen-bond acceptors (Lipinski definition) is 3. The van der Waals surface area contributed by atoms with E-state index in [4.69, 9.17) is 4.42 Å². The van der Waals surface area contributed by atoms with E-state index in [2.05, 4.69) is 5.32 Å². The normalized spacial score (nSPS) is 15.2. The molecular formula is C16H18FNO3. The van der Waals surface area contributed by atoms with Gasteiger partial charge in [0.25, 0.3) is 0 Å². The molecule has 2 rings (SSSR count). The summed E-state index contributed by atoms with van der Waals surface area (Å²) in [5.41, 5.74) is -0.985. The highest BCUT2D eigenvalue weighted by molar-refractivity contribution is 5.83. The first-order valence-corrected chi connectivity index (χ1v) is 6.70. The Labute approximate surface area is 122 Å². The highest BCUT2D eigenvalue weighted by Crippen LogP contribution is 2.22. The summed E-state index contributed by atoms with van der Waals surface area (Å²) in [4.78, 5) is 12.1. The van der Waals surface area contributed by atoms with Gasteiger partial charge in [-0.1, -0.05) is 18.2 Å². The Bertz CT molecular complexity index is 608. The van der Waals surface area contributed by atoms with E-state index in [0.29, 0.717) is 11.3 Å². The van der Waals surface area contributed by atoms with E-state index < -0.39 is 17.3 Å². The van der Waals surface area contributed by atoms with Crippen molar-refractivity contribution in [2.75, 3.05) is 6.54 Å². The van der Waals surface area contributed by atoms with Gasteiger partial charge >= 0.3 is 0 Å². The zero-order valence-electron chi connectivity index (χ0n) is 12.0. The molecule has 0 aliphatic rings. The molecule has 0 saturated carbocycles. The fraction of sp³-hybridized carbons (Fsp3) is 0.312. The molecule has 0 saturated heterocycles. The summed E-state index contributed by atoms with van der Waals surface area (Å²) >= 11 is 0. The van der Waals surface area contributed by atoms with Gasteiger partial charge in [0, 0.05) is 0 Å². The summed E-state index contributed by atoms with van der Waals surface area (Å²) in [7, 11) is 0. The smallest absolute Gasteiger partial charge is 0.227 e. The van der Waals surface area contributed by atoms with E-state index in [1.807, 2.05) is 0 Å². The van der Waals surface area contributed by atoms with E-state index in [0.717, 1.165) is 0 Å². The highest BCUT2D eigenvalue weighted by atomic mass is 19.1. The van der Waals surface area contributed by atoms with Crippen molar-refractivity contribution in [2.24, 2.45) is 0 Å². The summed E-state index contributed by atoms with van der Waals surface area (Å²) in [6.07, 6.45) is 1.45. The van der Waals surface area contributed by atoms with Gasteiger partial charge in [-0.15, -0.1) is 0 Å². The number of furan rings is 1. The number of hydrogen-bond donors (Lipinski definition) is 2. The molecule has 1 aromatic carbocycles. The van der Waals surface area contributed by atoms with Gasteiger partial charge in [-0.2, -0.15) is 0 Å².